The van der Waals surface area contributed by atoms with E-state index in [4.69, 9.17) is 23.2 Å². The van der Waals surface area contributed by atoms with Crippen LogP contribution in [0.1, 0.15) is 44.7 Å². The molecule has 1 aliphatic carbocycles. The van der Waals surface area contributed by atoms with Crippen LogP contribution in [0.3, 0.4) is 0 Å². The molecule has 2 aliphatic rings. The van der Waals surface area contributed by atoms with Gasteiger partial charge in [-0.3, -0.25) is 9.99 Å². The van der Waals surface area contributed by atoms with E-state index in [9.17, 15) is 14.0 Å². The molecule has 40 heavy (non-hydrogen) atoms. The molecule has 13 heteroatoms. The van der Waals surface area contributed by atoms with Crippen LogP contribution in [0.25, 0.3) is 10.9 Å². The highest BCUT2D eigenvalue weighted by molar-refractivity contribution is 6.36. The van der Waals surface area contributed by atoms with Crippen LogP contribution >= 0.6 is 23.2 Å². The van der Waals surface area contributed by atoms with Gasteiger partial charge in [-0.25, -0.2) is 13.8 Å². The number of halogens is 4. The van der Waals surface area contributed by atoms with Gasteiger partial charge in [-0.15, -0.1) is 5.53 Å². The molecule has 0 saturated heterocycles. The van der Waals surface area contributed by atoms with E-state index >= 15 is 0 Å². The summed E-state index contributed by atoms with van der Waals surface area (Å²) in [6.07, 6.45) is 2.97. The highest BCUT2D eigenvalue weighted by Gasteiger charge is 2.57. The Morgan fingerprint density at radius 2 is 2.00 bits per heavy atom. The summed E-state index contributed by atoms with van der Waals surface area (Å²) in [7, 11) is 1.88. The molecule has 0 radical (unpaired) electrons. The van der Waals surface area contributed by atoms with Gasteiger partial charge in [-0.1, -0.05) is 50.0 Å². The van der Waals surface area contributed by atoms with E-state index in [1.54, 1.807) is 24.5 Å². The average Bonchev–Trinajstić information content (AvgIpc) is 3.56. The van der Waals surface area contributed by atoms with Crippen LogP contribution in [-0.4, -0.2) is 41.3 Å². The van der Waals surface area contributed by atoms with Crippen LogP contribution in [0.15, 0.2) is 48.6 Å². The minimum Gasteiger partial charge on any atom is -0.383 e. The van der Waals surface area contributed by atoms with Crippen molar-refractivity contribution in [3.8, 4) is 6.07 Å². The number of fused-ring (bicyclic) bond motifs is 1. The number of hydrogen-bond donors (Lipinski definition) is 4. The fraction of sp³-hybridized carbons (Fsp3) is 0.370. The van der Waals surface area contributed by atoms with Gasteiger partial charge in [0.05, 0.1) is 32.9 Å². The summed E-state index contributed by atoms with van der Waals surface area (Å²) >= 11 is 13.3. The molecule has 1 aliphatic heterocycles. The fourth-order valence-corrected chi connectivity index (χ4v) is 5.36. The van der Waals surface area contributed by atoms with Gasteiger partial charge in [-0.05, 0) is 36.5 Å². The van der Waals surface area contributed by atoms with Crippen molar-refractivity contribution in [1.29, 1.82) is 5.26 Å². The van der Waals surface area contributed by atoms with Crippen molar-refractivity contribution in [2.45, 2.75) is 51.0 Å². The molecule has 1 saturated carbocycles. The maximum atomic E-state index is 13.9. The van der Waals surface area contributed by atoms with Gasteiger partial charge in [0.1, 0.15) is 24.6 Å². The van der Waals surface area contributed by atoms with Crippen molar-refractivity contribution in [2.75, 3.05) is 17.2 Å². The van der Waals surface area contributed by atoms with Gasteiger partial charge in [-0.2, -0.15) is 5.26 Å². The first-order valence-corrected chi connectivity index (χ1v) is 13.6. The Kier molecular flexibility index (Phi) is 7.23. The molecular formula is C27H29BCl2F2N8. The number of rotatable bonds is 8. The number of nitriles is 1. The number of nitrogens with zero attached hydrogens (tertiary/aromatic N) is 4. The first-order valence-electron chi connectivity index (χ1n) is 12.8. The fourth-order valence-electron chi connectivity index (χ4n) is 4.79. The molecule has 8 nitrogen and oxygen atoms in total. The molecule has 3 heterocycles. The molecule has 1 fully saturated rings. The number of pyridine rings is 2. The summed E-state index contributed by atoms with van der Waals surface area (Å²) < 4.78 is 27.8. The Labute approximate surface area is 242 Å². The third-order valence-corrected chi connectivity index (χ3v) is 7.88. The number of anilines is 2. The molecule has 1 atom stereocenters. The summed E-state index contributed by atoms with van der Waals surface area (Å²) in [6, 6.07) is 9.40. The Hall–Kier alpha value is -3.33. The number of hydrazine groups is 2. The zero-order valence-electron chi connectivity index (χ0n) is 22.5. The van der Waals surface area contributed by atoms with E-state index in [0.29, 0.717) is 63.5 Å². The number of aromatic nitrogens is 2. The third-order valence-electron chi connectivity index (χ3n) is 7.29. The summed E-state index contributed by atoms with van der Waals surface area (Å²) in [5, 5.41) is 19.5. The van der Waals surface area contributed by atoms with Crippen LogP contribution in [-0.2, 0) is 5.44 Å². The maximum Gasteiger partial charge on any atom is 0.262 e. The van der Waals surface area contributed by atoms with Crippen molar-refractivity contribution in [3.63, 3.8) is 0 Å². The van der Waals surface area contributed by atoms with Crippen LogP contribution in [0.2, 0.25) is 10.2 Å². The normalized spacial score (nSPS) is 17.7. The quantitative estimate of drug-likeness (QED) is 0.214. The van der Waals surface area contributed by atoms with Gasteiger partial charge in [0.2, 0.25) is 0 Å². The van der Waals surface area contributed by atoms with E-state index < -0.39 is 17.4 Å². The number of hydrogen-bond acceptors (Lipinski definition) is 8. The molecule has 0 bridgehead atoms. The standard InChI is InChI=1S/C27H29BCl2F2N8/c1-25(2,3)14-36-21-15(11-33)12-35-22-17(21)9-16(10-19(22)29)37-27(28,18-5-4-8-34-23(18)30)20-13-40(39-38-20)26(6-7-26)24(31)32/h4-5,8-10,12-13,24,37-39H,6-7,14,28H2,1-3H3,(H,35,36). The van der Waals surface area contributed by atoms with Gasteiger partial charge in [0, 0.05) is 41.8 Å². The minimum atomic E-state index is -2.52. The predicted molar refractivity (Wildman–Crippen MR) is 157 cm³/mol. The number of alkyl halides is 2. The smallest absolute Gasteiger partial charge is 0.262 e. The zero-order valence-corrected chi connectivity index (χ0v) is 24.1. The lowest BCUT2D eigenvalue weighted by Gasteiger charge is -2.34. The van der Waals surface area contributed by atoms with Crippen molar-refractivity contribution in [2.24, 2.45) is 5.41 Å². The SMILES string of the molecule is BC(Nc1cc(Cl)c2ncc(C#N)c(NCC(C)(C)C)c2c1)(C1=CN(C2(C(F)F)CC2)NN1)c1cccnc1Cl. The summed E-state index contributed by atoms with van der Waals surface area (Å²) in [5.74, 6) is 0. The molecule has 208 valence electrons. The molecule has 3 aromatic rings. The Bertz CT molecular complexity index is 1530. The van der Waals surface area contributed by atoms with E-state index in [0.717, 1.165) is 0 Å². The average molecular weight is 585 g/mol. The summed E-state index contributed by atoms with van der Waals surface area (Å²) in [5.41, 5.74) is 6.95. The third kappa shape index (κ3) is 5.12. The number of benzene rings is 1. The second-order valence-corrected chi connectivity index (χ2v) is 12.3. The number of nitrogens with one attached hydrogen (secondary N) is 4. The minimum absolute atomic E-state index is 0.0474. The summed E-state index contributed by atoms with van der Waals surface area (Å²) in [4.78, 5) is 8.69. The molecular weight excluding hydrogens is 556 g/mol. The van der Waals surface area contributed by atoms with Crippen LogP contribution in [0.5, 0.6) is 0 Å². The van der Waals surface area contributed by atoms with Gasteiger partial charge >= 0.3 is 0 Å². The summed E-state index contributed by atoms with van der Waals surface area (Å²) in [6.45, 7) is 6.90. The van der Waals surface area contributed by atoms with Crippen LogP contribution < -0.4 is 21.6 Å². The predicted octanol–water partition coefficient (Wildman–Crippen LogP) is 5.13. The largest absolute Gasteiger partial charge is 0.383 e. The Balaban J connectivity index is 1.61. The second-order valence-electron chi connectivity index (χ2n) is 11.6. The molecule has 0 amide bonds. The van der Waals surface area contributed by atoms with Crippen LogP contribution in [0, 0.1) is 16.7 Å². The molecule has 4 N–H and O–H groups in total. The first kappa shape index (κ1) is 28.2. The van der Waals surface area contributed by atoms with E-state index in [-0.39, 0.29) is 10.6 Å². The Morgan fingerprint density at radius 1 is 1.25 bits per heavy atom. The van der Waals surface area contributed by atoms with E-state index in [2.05, 4.69) is 58.4 Å². The maximum absolute atomic E-state index is 13.9. The lowest BCUT2D eigenvalue weighted by Crippen LogP contribution is -2.50. The molecule has 2 aromatic heterocycles. The highest BCUT2D eigenvalue weighted by atomic mass is 35.5. The first-order chi connectivity index (χ1) is 18.9. The monoisotopic (exact) mass is 584 g/mol. The van der Waals surface area contributed by atoms with Gasteiger partial charge in [0.25, 0.3) is 6.43 Å². The van der Waals surface area contributed by atoms with Crippen LogP contribution in [0.4, 0.5) is 20.2 Å². The van der Waals surface area contributed by atoms with Crippen molar-refractivity contribution < 1.29 is 8.78 Å². The van der Waals surface area contributed by atoms with E-state index in [1.165, 1.54) is 11.2 Å². The zero-order chi connectivity index (χ0) is 28.9. The molecule has 1 aromatic carbocycles. The lowest BCUT2D eigenvalue weighted by atomic mass is 9.70. The van der Waals surface area contributed by atoms with E-state index in [1.807, 2.05) is 20.0 Å². The molecule has 1 unspecified atom stereocenters. The topological polar surface area (TPSA) is 101 Å². The van der Waals surface area contributed by atoms with Gasteiger partial charge < -0.3 is 16.1 Å². The molecule has 0 spiro atoms. The van der Waals surface area contributed by atoms with Crippen molar-refractivity contribution in [3.05, 3.63) is 69.9 Å². The van der Waals surface area contributed by atoms with Crippen molar-refractivity contribution >= 4 is 53.3 Å². The lowest BCUT2D eigenvalue weighted by molar-refractivity contribution is 0.00910. The van der Waals surface area contributed by atoms with Crippen molar-refractivity contribution in [1.82, 2.24) is 25.9 Å². The second kappa shape index (κ2) is 10.3. The Morgan fingerprint density at radius 3 is 2.62 bits per heavy atom. The van der Waals surface area contributed by atoms with Gasteiger partial charge in [0.15, 0.2) is 0 Å². The highest BCUT2D eigenvalue weighted by Crippen LogP contribution is 2.48. The molecule has 5 rings (SSSR count).